The van der Waals surface area contributed by atoms with Gasteiger partial charge >= 0.3 is 0 Å². The summed E-state index contributed by atoms with van der Waals surface area (Å²) in [6.45, 7) is 2.28. The molecule has 0 spiro atoms. The van der Waals surface area contributed by atoms with Gasteiger partial charge in [0.05, 0.1) is 5.54 Å². The van der Waals surface area contributed by atoms with Gasteiger partial charge in [0, 0.05) is 6.20 Å². The molecule has 3 rings (SSSR count). The summed E-state index contributed by atoms with van der Waals surface area (Å²) in [5.74, 6) is 1.57. The molecule has 90 valence electrons. The van der Waals surface area contributed by atoms with Gasteiger partial charge in [-0.1, -0.05) is 6.92 Å². The molecule has 0 aliphatic heterocycles. The second-order valence-electron chi connectivity index (χ2n) is 5.16. The Bertz CT molecular complexity index is 524. The summed E-state index contributed by atoms with van der Waals surface area (Å²) in [4.78, 5) is 0. The molecule has 0 unspecified atom stereocenters. The number of hydrogen-bond donors (Lipinski definition) is 1. The first-order valence-electron chi connectivity index (χ1n) is 6.15. The third-order valence-corrected chi connectivity index (χ3v) is 3.79. The van der Waals surface area contributed by atoms with Crippen LogP contribution in [0.25, 0.3) is 5.65 Å². The molecule has 17 heavy (non-hydrogen) atoms. The van der Waals surface area contributed by atoms with Crippen LogP contribution >= 0.6 is 0 Å². The molecule has 0 saturated heterocycles. The van der Waals surface area contributed by atoms with Gasteiger partial charge in [-0.3, -0.25) is 0 Å². The van der Waals surface area contributed by atoms with E-state index in [-0.39, 0.29) is 5.54 Å². The summed E-state index contributed by atoms with van der Waals surface area (Å²) in [6.07, 6.45) is 5.97. The third-order valence-electron chi connectivity index (χ3n) is 3.79. The van der Waals surface area contributed by atoms with Crippen molar-refractivity contribution in [2.75, 3.05) is 0 Å². The Morgan fingerprint density at radius 3 is 2.88 bits per heavy atom. The first-order valence-corrected chi connectivity index (χ1v) is 6.15. The third kappa shape index (κ3) is 1.70. The van der Waals surface area contributed by atoms with Crippen LogP contribution in [0.3, 0.4) is 0 Å². The van der Waals surface area contributed by atoms with Crippen molar-refractivity contribution in [1.82, 2.24) is 19.8 Å². The molecule has 1 saturated carbocycles. The van der Waals surface area contributed by atoms with Gasteiger partial charge in [0.15, 0.2) is 11.5 Å². The zero-order valence-electron chi connectivity index (χ0n) is 10.0. The van der Waals surface area contributed by atoms with E-state index in [1.54, 1.807) is 10.7 Å². The fourth-order valence-electron chi connectivity index (χ4n) is 2.56. The molecule has 1 fully saturated rings. The number of hydrogen-bond acceptors (Lipinski definition) is 4. The molecular formula is C12H17N5. The van der Waals surface area contributed by atoms with E-state index in [9.17, 15) is 0 Å². The fourth-order valence-corrected chi connectivity index (χ4v) is 2.56. The van der Waals surface area contributed by atoms with Crippen LogP contribution in [-0.2, 0) is 5.54 Å². The van der Waals surface area contributed by atoms with Gasteiger partial charge in [0.1, 0.15) is 0 Å². The average Bonchev–Trinajstić information content (AvgIpc) is 2.78. The summed E-state index contributed by atoms with van der Waals surface area (Å²) in [7, 11) is 0. The van der Waals surface area contributed by atoms with E-state index >= 15 is 0 Å². The zero-order chi connectivity index (χ0) is 11.9. The number of nitrogens with zero attached hydrogens (tertiary/aromatic N) is 4. The van der Waals surface area contributed by atoms with Crippen molar-refractivity contribution in [3.8, 4) is 0 Å². The van der Waals surface area contributed by atoms with Gasteiger partial charge in [0.25, 0.3) is 0 Å². The first kappa shape index (κ1) is 10.7. The SMILES string of the molecule is CC1CCC(N)(c2nnc3cccnn23)CC1. The van der Waals surface area contributed by atoms with Crippen LogP contribution in [0.4, 0.5) is 0 Å². The van der Waals surface area contributed by atoms with Crippen LogP contribution in [0.5, 0.6) is 0 Å². The van der Waals surface area contributed by atoms with E-state index < -0.39 is 0 Å². The highest BCUT2D eigenvalue weighted by Crippen LogP contribution is 2.36. The van der Waals surface area contributed by atoms with Gasteiger partial charge in [-0.05, 0) is 43.7 Å². The van der Waals surface area contributed by atoms with E-state index in [1.165, 1.54) is 0 Å². The monoisotopic (exact) mass is 231 g/mol. The Morgan fingerprint density at radius 1 is 1.35 bits per heavy atom. The minimum Gasteiger partial charge on any atom is -0.319 e. The number of nitrogens with two attached hydrogens (primary N) is 1. The van der Waals surface area contributed by atoms with E-state index in [0.717, 1.165) is 43.1 Å². The molecule has 5 heteroatoms. The Hall–Kier alpha value is -1.49. The molecule has 2 aromatic rings. The lowest BCUT2D eigenvalue weighted by molar-refractivity contribution is 0.233. The zero-order valence-corrected chi connectivity index (χ0v) is 10.0. The summed E-state index contributed by atoms with van der Waals surface area (Å²) in [5, 5.41) is 12.7. The maximum atomic E-state index is 6.49. The van der Waals surface area contributed by atoms with E-state index in [2.05, 4.69) is 22.2 Å². The lowest BCUT2D eigenvalue weighted by atomic mass is 9.77. The van der Waals surface area contributed by atoms with Crippen molar-refractivity contribution < 1.29 is 0 Å². The Labute approximate surface area is 100 Å². The maximum Gasteiger partial charge on any atom is 0.177 e. The molecule has 2 N–H and O–H groups in total. The van der Waals surface area contributed by atoms with Gasteiger partial charge in [-0.2, -0.15) is 9.61 Å². The molecule has 5 nitrogen and oxygen atoms in total. The Balaban J connectivity index is 2.03. The number of fused-ring (bicyclic) bond motifs is 1. The van der Waals surface area contributed by atoms with Crippen LogP contribution in [0, 0.1) is 5.92 Å². The molecule has 2 aromatic heterocycles. The molecule has 0 aromatic carbocycles. The van der Waals surface area contributed by atoms with Gasteiger partial charge < -0.3 is 5.73 Å². The van der Waals surface area contributed by atoms with Gasteiger partial charge in [0.2, 0.25) is 0 Å². The van der Waals surface area contributed by atoms with Crippen molar-refractivity contribution in [3.63, 3.8) is 0 Å². The van der Waals surface area contributed by atoms with E-state index in [1.807, 2.05) is 12.1 Å². The molecule has 0 radical (unpaired) electrons. The van der Waals surface area contributed by atoms with Gasteiger partial charge in [-0.25, -0.2) is 0 Å². The molecule has 1 aliphatic carbocycles. The summed E-state index contributed by atoms with van der Waals surface area (Å²) < 4.78 is 1.77. The van der Waals surface area contributed by atoms with Crippen molar-refractivity contribution in [1.29, 1.82) is 0 Å². The quantitative estimate of drug-likeness (QED) is 0.807. The first-order chi connectivity index (χ1) is 8.19. The maximum absolute atomic E-state index is 6.49. The van der Waals surface area contributed by atoms with Gasteiger partial charge in [-0.15, -0.1) is 10.2 Å². The van der Waals surface area contributed by atoms with Crippen molar-refractivity contribution in [2.45, 2.75) is 38.1 Å². The lowest BCUT2D eigenvalue weighted by Crippen LogP contribution is -2.42. The van der Waals surface area contributed by atoms with Crippen molar-refractivity contribution >= 4 is 5.65 Å². The Morgan fingerprint density at radius 2 is 2.12 bits per heavy atom. The van der Waals surface area contributed by atoms with E-state index in [0.29, 0.717) is 0 Å². The smallest absolute Gasteiger partial charge is 0.177 e. The predicted molar refractivity (Wildman–Crippen MR) is 64.3 cm³/mol. The number of aromatic nitrogens is 4. The summed E-state index contributed by atoms with van der Waals surface area (Å²) in [5.41, 5.74) is 6.90. The Kier molecular flexibility index (Phi) is 2.36. The van der Waals surface area contributed by atoms with Crippen LogP contribution in [0.2, 0.25) is 0 Å². The summed E-state index contributed by atoms with van der Waals surface area (Å²) >= 11 is 0. The number of rotatable bonds is 1. The van der Waals surface area contributed by atoms with Crippen LogP contribution in [-0.4, -0.2) is 19.8 Å². The van der Waals surface area contributed by atoms with Crippen LogP contribution in [0.15, 0.2) is 18.3 Å². The standard InChI is InChI=1S/C12H17N5/c1-9-4-6-12(13,7-5-9)11-16-15-10-3-2-8-14-17(10)11/h2-3,8-9H,4-7,13H2,1H3. The van der Waals surface area contributed by atoms with Crippen LogP contribution < -0.4 is 5.73 Å². The molecule has 1 aliphatic rings. The second-order valence-corrected chi connectivity index (χ2v) is 5.16. The molecule has 0 atom stereocenters. The molecule has 0 amide bonds. The molecular weight excluding hydrogens is 214 g/mol. The summed E-state index contributed by atoms with van der Waals surface area (Å²) in [6, 6.07) is 3.76. The normalized spacial score (nSPS) is 29.6. The highest BCUT2D eigenvalue weighted by atomic mass is 15.4. The lowest BCUT2D eigenvalue weighted by Gasteiger charge is -2.34. The minimum atomic E-state index is -0.361. The molecule has 0 bridgehead atoms. The minimum absolute atomic E-state index is 0.361. The average molecular weight is 231 g/mol. The van der Waals surface area contributed by atoms with Crippen molar-refractivity contribution in [3.05, 3.63) is 24.2 Å². The van der Waals surface area contributed by atoms with Crippen molar-refractivity contribution in [2.24, 2.45) is 11.7 Å². The largest absolute Gasteiger partial charge is 0.319 e. The molecule has 2 heterocycles. The fraction of sp³-hybridized carbons (Fsp3) is 0.583. The highest BCUT2D eigenvalue weighted by Gasteiger charge is 2.36. The van der Waals surface area contributed by atoms with E-state index in [4.69, 9.17) is 5.73 Å². The van der Waals surface area contributed by atoms with Crippen LogP contribution in [0.1, 0.15) is 38.4 Å². The highest BCUT2D eigenvalue weighted by molar-refractivity contribution is 5.36. The topological polar surface area (TPSA) is 69.1 Å². The second kappa shape index (κ2) is 3.77. The predicted octanol–water partition coefficient (Wildman–Crippen LogP) is 1.49.